The van der Waals surface area contributed by atoms with E-state index in [2.05, 4.69) is 16.3 Å². The van der Waals surface area contributed by atoms with Crippen LogP contribution in [0, 0.1) is 13.8 Å². The van der Waals surface area contributed by atoms with Gasteiger partial charge in [-0.2, -0.15) is 10.2 Å². The summed E-state index contributed by atoms with van der Waals surface area (Å²) in [6.07, 6.45) is 3.45. The fraction of sp³-hybridized carbons (Fsp3) is 0.278. The molecule has 0 saturated carbocycles. The lowest BCUT2D eigenvalue weighted by atomic mass is 9.96. The van der Waals surface area contributed by atoms with Gasteiger partial charge in [0.05, 0.1) is 11.9 Å². The Bertz CT molecular complexity index is 907. The van der Waals surface area contributed by atoms with Gasteiger partial charge in [0.15, 0.2) is 0 Å². The van der Waals surface area contributed by atoms with E-state index in [1.54, 1.807) is 27.8 Å². The SMILES string of the molecule is Cc1cccc(C(C)c2nn(-c3cnn(C)c3C)ccc2=O)c1. The topological polar surface area (TPSA) is 52.7 Å². The average Bonchev–Trinajstić information content (AvgIpc) is 2.87. The minimum absolute atomic E-state index is 0.0446. The van der Waals surface area contributed by atoms with Crippen LogP contribution in [-0.2, 0) is 7.05 Å². The van der Waals surface area contributed by atoms with E-state index in [9.17, 15) is 4.79 Å². The van der Waals surface area contributed by atoms with Crippen molar-refractivity contribution in [3.05, 3.63) is 75.5 Å². The van der Waals surface area contributed by atoms with Gasteiger partial charge < -0.3 is 0 Å². The number of rotatable bonds is 3. The van der Waals surface area contributed by atoms with Gasteiger partial charge in [-0.3, -0.25) is 9.48 Å². The molecule has 1 aromatic carbocycles. The maximum atomic E-state index is 12.3. The zero-order valence-corrected chi connectivity index (χ0v) is 13.8. The third-order valence-electron chi connectivity index (χ3n) is 4.24. The molecule has 0 amide bonds. The molecule has 0 aliphatic rings. The molecule has 1 atom stereocenters. The summed E-state index contributed by atoms with van der Waals surface area (Å²) < 4.78 is 3.52. The average molecular weight is 308 g/mol. The normalized spacial score (nSPS) is 12.3. The maximum absolute atomic E-state index is 12.3. The lowest BCUT2D eigenvalue weighted by Crippen LogP contribution is -2.19. The standard InChI is InChI=1S/C18H20N4O/c1-12-6-5-7-15(10-12)13(2)18-17(23)8-9-22(20-18)16-11-19-21(4)14(16)3/h5-11,13H,1-4H3. The van der Waals surface area contributed by atoms with E-state index in [4.69, 9.17) is 0 Å². The number of hydrogen-bond donors (Lipinski definition) is 0. The molecule has 0 radical (unpaired) electrons. The van der Waals surface area contributed by atoms with Crippen molar-refractivity contribution >= 4 is 0 Å². The van der Waals surface area contributed by atoms with Gasteiger partial charge in [-0.05, 0) is 19.4 Å². The van der Waals surface area contributed by atoms with Crippen LogP contribution in [0.4, 0.5) is 0 Å². The van der Waals surface area contributed by atoms with Crippen molar-refractivity contribution in [3.63, 3.8) is 0 Å². The van der Waals surface area contributed by atoms with Crippen LogP contribution in [0.25, 0.3) is 5.69 Å². The molecule has 118 valence electrons. The summed E-state index contributed by atoms with van der Waals surface area (Å²) in [6, 6.07) is 9.75. The molecule has 0 fully saturated rings. The first-order chi connectivity index (χ1) is 11.0. The Kier molecular flexibility index (Phi) is 3.86. The molecule has 0 bridgehead atoms. The fourth-order valence-electron chi connectivity index (χ4n) is 2.67. The first kappa shape index (κ1) is 15.2. The first-order valence-electron chi connectivity index (χ1n) is 7.63. The molecule has 5 nitrogen and oxygen atoms in total. The second-order valence-electron chi connectivity index (χ2n) is 5.88. The van der Waals surface area contributed by atoms with Crippen LogP contribution in [0.5, 0.6) is 0 Å². The molecule has 5 heteroatoms. The van der Waals surface area contributed by atoms with E-state index < -0.39 is 0 Å². The first-order valence-corrected chi connectivity index (χ1v) is 7.63. The lowest BCUT2D eigenvalue weighted by Gasteiger charge is -2.13. The molecule has 0 saturated heterocycles. The summed E-state index contributed by atoms with van der Waals surface area (Å²) in [5, 5.41) is 8.81. The number of benzene rings is 1. The van der Waals surface area contributed by atoms with Crippen molar-refractivity contribution < 1.29 is 0 Å². The second-order valence-corrected chi connectivity index (χ2v) is 5.88. The van der Waals surface area contributed by atoms with E-state index in [1.807, 2.05) is 46.0 Å². The number of aryl methyl sites for hydroxylation is 2. The highest BCUT2D eigenvalue weighted by atomic mass is 16.1. The quantitative estimate of drug-likeness (QED) is 0.747. The molecule has 0 N–H and O–H groups in total. The molecule has 3 rings (SSSR count). The van der Waals surface area contributed by atoms with Gasteiger partial charge in [0.2, 0.25) is 5.43 Å². The third kappa shape index (κ3) is 2.82. The highest BCUT2D eigenvalue weighted by molar-refractivity contribution is 5.34. The van der Waals surface area contributed by atoms with E-state index in [0.717, 1.165) is 16.9 Å². The Balaban J connectivity index is 2.08. The van der Waals surface area contributed by atoms with Crippen molar-refractivity contribution in [2.24, 2.45) is 7.05 Å². The summed E-state index contributed by atoms with van der Waals surface area (Å²) in [5.41, 5.74) is 4.64. The van der Waals surface area contributed by atoms with Crippen molar-refractivity contribution in [1.29, 1.82) is 0 Å². The Morgan fingerprint density at radius 1 is 1.17 bits per heavy atom. The summed E-state index contributed by atoms with van der Waals surface area (Å²) in [4.78, 5) is 12.3. The monoisotopic (exact) mass is 308 g/mol. The van der Waals surface area contributed by atoms with Crippen LogP contribution in [0.3, 0.4) is 0 Å². The Labute approximate surface area is 135 Å². The van der Waals surface area contributed by atoms with Gasteiger partial charge >= 0.3 is 0 Å². The van der Waals surface area contributed by atoms with Gasteiger partial charge in [-0.25, -0.2) is 4.68 Å². The number of nitrogens with zero attached hydrogens (tertiary/aromatic N) is 4. The zero-order valence-electron chi connectivity index (χ0n) is 13.8. The van der Waals surface area contributed by atoms with Gasteiger partial charge in [0.25, 0.3) is 0 Å². The van der Waals surface area contributed by atoms with E-state index in [1.165, 1.54) is 5.56 Å². The van der Waals surface area contributed by atoms with Gasteiger partial charge in [0.1, 0.15) is 11.4 Å². The van der Waals surface area contributed by atoms with Crippen molar-refractivity contribution in [1.82, 2.24) is 19.6 Å². The van der Waals surface area contributed by atoms with E-state index in [-0.39, 0.29) is 11.3 Å². The van der Waals surface area contributed by atoms with E-state index in [0.29, 0.717) is 5.69 Å². The fourth-order valence-corrected chi connectivity index (χ4v) is 2.67. The number of hydrogen-bond acceptors (Lipinski definition) is 3. The highest BCUT2D eigenvalue weighted by Gasteiger charge is 2.16. The lowest BCUT2D eigenvalue weighted by molar-refractivity contribution is 0.722. The zero-order chi connectivity index (χ0) is 16.6. The summed E-state index contributed by atoms with van der Waals surface area (Å²) in [6.45, 7) is 6.04. The Morgan fingerprint density at radius 2 is 1.96 bits per heavy atom. The molecule has 0 spiro atoms. The van der Waals surface area contributed by atoms with Crippen LogP contribution in [-0.4, -0.2) is 19.6 Å². The molecule has 0 aliphatic heterocycles. The van der Waals surface area contributed by atoms with Gasteiger partial charge in [-0.15, -0.1) is 0 Å². The minimum atomic E-state index is -0.0631. The second kappa shape index (κ2) is 5.83. The molecular formula is C18H20N4O. The maximum Gasteiger partial charge on any atom is 0.203 e. The van der Waals surface area contributed by atoms with Crippen LogP contribution < -0.4 is 5.43 Å². The van der Waals surface area contributed by atoms with Gasteiger partial charge in [-0.1, -0.05) is 36.8 Å². The Hall–Kier alpha value is -2.69. The summed E-state index contributed by atoms with van der Waals surface area (Å²) >= 11 is 0. The smallest absolute Gasteiger partial charge is 0.203 e. The van der Waals surface area contributed by atoms with Gasteiger partial charge in [0, 0.05) is 25.2 Å². The summed E-state index contributed by atoms with van der Waals surface area (Å²) in [7, 11) is 1.89. The van der Waals surface area contributed by atoms with Crippen LogP contribution in [0.1, 0.15) is 35.4 Å². The minimum Gasteiger partial charge on any atom is -0.288 e. The van der Waals surface area contributed by atoms with Crippen molar-refractivity contribution in [3.8, 4) is 5.69 Å². The van der Waals surface area contributed by atoms with Crippen LogP contribution >= 0.6 is 0 Å². The Morgan fingerprint density at radius 3 is 2.61 bits per heavy atom. The molecule has 2 aromatic heterocycles. The number of aromatic nitrogens is 4. The molecule has 1 unspecified atom stereocenters. The van der Waals surface area contributed by atoms with Crippen LogP contribution in [0.15, 0.2) is 47.5 Å². The molecule has 0 aliphatic carbocycles. The predicted octanol–water partition coefficient (Wildman–Crippen LogP) is 2.73. The van der Waals surface area contributed by atoms with Crippen molar-refractivity contribution in [2.45, 2.75) is 26.7 Å². The van der Waals surface area contributed by atoms with Crippen LogP contribution in [0.2, 0.25) is 0 Å². The molecule has 23 heavy (non-hydrogen) atoms. The highest BCUT2D eigenvalue weighted by Crippen LogP contribution is 2.21. The molecule has 3 aromatic rings. The predicted molar refractivity (Wildman–Crippen MR) is 90.0 cm³/mol. The molecular weight excluding hydrogens is 288 g/mol. The van der Waals surface area contributed by atoms with Crippen molar-refractivity contribution in [2.75, 3.05) is 0 Å². The molecule has 2 heterocycles. The largest absolute Gasteiger partial charge is 0.288 e. The van der Waals surface area contributed by atoms with E-state index >= 15 is 0 Å². The third-order valence-corrected chi connectivity index (χ3v) is 4.24. The summed E-state index contributed by atoms with van der Waals surface area (Å²) in [5.74, 6) is -0.0631.